The standard InChI is InChI=1S/C17H13NO3/c1-2-14(18)21-13-9-5-8-12-15(13)17(20)11-7-4-3-6-10(11)16(12)19/h2-9,14H,1,18H2. The first-order chi connectivity index (χ1) is 10.1. The van der Waals surface area contributed by atoms with Crippen LogP contribution in [0.15, 0.2) is 55.1 Å². The third kappa shape index (κ3) is 2.06. The van der Waals surface area contributed by atoms with Crippen LogP contribution >= 0.6 is 0 Å². The number of carbonyl (C=O) groups excluding carboxylic acids is 2. The van der Waals surface area contributed by atoms with Gasteiger partial charge in [0.25, 0.3) is 0 Å². The van der Waals surface area contributed by atoms with E-state index in [1.165, 1.54) is 6.08 Å². The average molecular weight is 279 g/mol. The number of hydrogen-bond donors (Lipinski definition) is 1. The molecule has 4 heteroatoms. The molecule has 0 saturated carbocycles. The van der Waals surface area contributed by atoms with Crippen LogP contribution in [0.4, 0.5) is 0 Å². The highest BCUT2D eigenvalue weighted by Crippen LogP contribution is 2.33. The molecule has 0 bridgehead atoms. The molecule has 4 nitrogen and oxygen atoms in total. The quantitative estimate of drug-likeness (QED) is 0.590. The number of nitrogens with two attached hydrogens (primary N) is 1. The minimum Gasteiger partial charge on any atom is -0.471 e. The molecule has 0 spiro atoms. The maximum atomic E-state index is 12.6. The number of ether oxygens (including phenoxy) is 1. The van der Waals surface area contributed by atoms with Crippen molar-refractivity contribution in [1.29, 1.82) is 0 Å². The number of rotatable bonds is 3. The Morgan fingerprint density at radius 2 is 1.57 bits per heavy atom. The van der Waals surface area contributed by atoms with Gasteiger partial charge in [-0.3, -0.25) is 15.3 Å². The van der Waals surface area contributed by atoms with Crippen molar-refractivity contribution in [3.63, 3.8) is 0 Å². The topological polar surface area (TPSA) is 69.4 Å². The van der Waals surface area contributed by atoms with Gasteiger partial charge in [0.2, 0.25) is 0 Å². The zero-order valence-corrected chi connectivity index (χ0v) is 11.2. The van der Waals surface area contributed by atoms with Crippen LogP contribution in [0.2, 0.25) is 0 Å². The molecule has 0 aromatic heterocycles. The summed E-state index contributed by atoms with van der Waals surface area (Å²) >= 11 is 0. The largest absolute Gasteiger partial charge is 0.471 e. The van der Waals surface area contributed by atoms with Crippen molar-refractivity contribution in [2.45, 2.75) is 6.23 Å². The molecule has 21 heavy (non-hydrogen) atoms. The van der Waals surface area contributed by atoms with Gasteiger partial charge in [0.15, 0.2) is 17.8 Å². The first kappa shape index (κ1) is 13.3. The van der Waals surface area contributed by atoms with E-state index in [0.717, 1.165) is 0 Å². The van der Waals surface area contributed by atoms with Crippen molar-refractivity contribution in [3.05, 3.63) is 77.4 Å². The van der Waals surface area contributed by atoms with Crippen LogP contribution in [0.25, 0.3) is 0 Å². The minimum atomic E-state index is -0.739. The molecule has 1 unspecified atom stereocenters. The van der Waals surface area contributed by atoms with Gasteiger partial charge >= 0.3 is 0 Å². The van der Waals surface area contributed by atoms with Crippen LogP contribution in [-0.4, -0.2) is 17.8 Å². The van der Waals surface area contributed by atoms with E-state index < -0.39 is 6.23 Å². The van der Waals surface area contributed by atoms with Gasteiger partial charge in [0, 0.05) is 16.7 Å². The molecule has 0 fully saturated rings. The second-order valence-electron chi connectivity index (χ2n) is 4.70. The fraction of sp³-hybridized carbons (Fsp3) is 0.0588. The molecule has 1 aliphatic rings. The van der Waals surface area contributed by atoms with Gasteiger partial charge in [0.05, 0.1) is 5.56 Å². The number of carbonyl (C=O) groups is 2. The number of ketones is 2. The Bertz CT molecular complexity index is 764. The number of benzene rings is 2. The summed E-state index contributed by atoms with van der Waals surface area (Å²) in [4.78, 5) is 25.1. The third-order valence-corrected chi connectivity index (χ3v) is 3.41. The van der Waals surface area contributed by atoms with Gasteiger partial charge in [-0.15, -0.1) is 0 Å². The molecular weight excluding hydrogens is 266 g/mol. The number of fused-ring (bicyclic) bond motifs is 2. The minimum absolute atomic E-state index is 0.183. The second kappa shape index (κ2) is 5.00. The summed E-state index contributed by atoms with van der Waals surface area (Å²) in [5.41, 5.74) is 7.08. The van der Waals surface area contributed by atoms with E-state index in [9.17, 15) is 9.59 Å². The molecule has 0 amide bonds. The van der Waals surface area contributed by atoms with Gasteiger partial charge < -0.3 is 4.74 Å². The zero-order chi connectivity index (χ0) is 15.0. The lowest BCUT2D eigenvalue weighted by atomic mass is 9.83. The molecule has 0 heterocycles. The maximum absolute atomic E-state index is 12.6. The third-order valence-electron chi connectivity index (χ3n) is 3.41. The van der Waals surface area contributed by atoms with Crippen LogP contribution in [0.3, 0.4) is 0 Å². The molecule has 2 N–H and O–H groups in total. The van der Waals surface area contributed by atoms with E-state index in [4.69, 9.17) is 10.5 Å². The van der Waals surface area contributed by atoms with Crippen molar-refractivity contribution >= 4 is 11.6 Å². The molecule has 104 valence electrons. The molecular formula is C17H13NO3. The monoisotopic (exact) mass is 279 g/mol. The lowest BCUT2D eigenvalue weighted by molar-refractivity contribution is 0.0974. The fourth-order valence-electron chi connectivity index (χ4n) is 2.41. The van der Waals surface area contributed by atoms with E-state index in [2.05, 4.69) is 6.58 Å². The lowest BCUT2D eigenvalue weighted by Gasteiger charge is -2.21. The first-order valence-corrected chi connectivity index (χ1v) is 6.49. The highest BCUT2D eigenvalue weighted by molar-refractivity contribution is 6.29. The summed E-state index contributed by atoms with van der Waals surface area (Å²) in [6.07, 6.45) is 0.680. The molecule has 0 saturated heterocycles. The van der Waals surface area contributed by atoms with E-state index >= 15 is 0 Å². The van der Waals surface area contributed by atoms with Crippen molar-refractivity contribution < 1.29 is 14.3 Å². The summed E-state index contributed by atoms with van der Waals surface area (Å²) in [5.74, 6) is -0.113. The Hall–Kier alpha value is -2.72. The van der Waals surface area contributed by atoms with Crippen molar-refractivity contribution in [1.82, 2.24) is 0 Å². The van der Waals surface area contributed by atoms with Crippen LogP contribution < -0.4 is 10.5 Å². The van der Waals surface area contributed by atoms with Crippen molar-refractivity contribution in [3.8, 4) is 5.75 Å². The second-order valence-corrected chi connectivity index (χ2v) is 4.70. The van der Waals surface area contributed by atoms with Crippen LogP contribution in [0.5, 0.6) is 5.75 Å². The van der Waals surface area contributed by atoms with E-state index in [1.54, 1.807) is 42.5 Å². The summed E-state index contributed by atoms with van der Waals surface area (Å²) in [7, 11) is 0. The van der Waals surface area contributed by atoms with E-state index in [1.807, 2.05) is 0 Å². The lowest BCUT2D eigenvalue weighted by Crippen LogP contribution is -2.27. The molecule has 0 radical (unpaired) electrons. The van der Waals surface area contributed by atoms with Gasteiger partial charge in [-0.25, -0.2) is 0 Å². The number of hydrogen-bond acceptors (Lipinski definition) is 4. The normalized spacial score (nSPS) is 14.1. The predicted octanol–water partition coefficient (Wildman–Crippen LogP) is 2.31. The average Bonchev–Trinajstić information content (AvgIpc) is 2.52. The summed E-state index contributed by atoms with van der Waals surface area (Å²) < 4.78 is 5.48. The molecule has 0 aliphatic heterocycles. The van der Waals surface area contributed by atoms with Crippen LogP contribution in [0, 0.1) is 0 Å². The predicted molar refractivity (Wildman–Crippen MR) is 78.5 cm³/mol. The molecule has 1 atom stereocenters. The fourth-order valence-corrected chi connectivity index (χ4v) is 2.41. The maximum Gasteiger partial charge on any atom is 0.198 e. The van der Waals surface area contributed by atoms with Gasteiger partial charge in [0.1, 0.15) is 5.75 Å². The van der Waals surface area contributed by atoms with E-state index in [-0.39, 0.29) is 17.1 Å². The smallest absolute Gasteiger partial charge is 0.198 e. The van der Waals surface area contributed by atoms with Crippen LogP contribution in [0.1, 0.15) is 31.8 Å². The first-order valence-electron chi connectivity index (χ1n) is 6.49. The van der Waals surface area contributed by atoms with E-state index in [0.29, 0.717) is 22.4 Å². The summed E-state index contributed by atoms with van der Waals surface area (Å²) in [6, 6.07) is 11.7. The highest BCUT2D eigenvalue weighted by atomic mass is 16.5. The van der Waals surface area contributed by atoms with Crippen molar-refractivity contribution in [2.24, 2.45) is 5.73 Å². The Morgan fingerprint density at radius 1 is 0.952 bits per heavy atom. The molecule has 2 aromatic carbocycles. The zero-order valence-electron chi connectivity index (χ0n) is 11.2. The SMILES string of the molecule is C=CC(N)Oc1cccc2c1C(=O)c1ccccc1C2=O. The highest BCUT2D eigenvalue weighted by Gasteiger charge is 2.32. The Labute approximate surface area is 121 Å². The Morgan fingerprint density at radius 3 is 2.24 bits per heavy atom. The Kier molecular flexibility index (Phi) is 3.16. The van der Waals surface area contributed by atoms with Gasteiger partial charge in [-0.1, -0.05) is 43.0 Å². The molecule has 1 aliphatic carbocycles. The van der Waals surface area contributed by atoms with Gasteiger partial charge in [-0.2, -0.15) is 0 Å². The van der Waals surface area contributed by atoms with Crippen LogP contribution in [-0.2, 0) is 0 Å². The summed E-state index contributed by atoms with van der Waals surface area (Å²) in [5, 5.41) is 0. The molecule has 3 rings (SSSR count). The van der Waals surface area contributed by atoms with Gasteiger partial charge in [-0.05, 0) is 12.1 Å². The Balaban J connectivity index is 2.19. The summed E-state index contributed by atoms with van der Waals surface area (Å²) in [6.45, 7) is 3.54. The molecule has 2 aromatic rings. The van der Waals surface area contributed by atoms with Crippen molar-refractivity contribution in [2.75, 3.05) is 0 Å².